The second-order valence-electron chi connectivity index (χ2n) is 9.81. The van der Waals surface area contributed by atoms with E-state index in [1.807, 2.05) is 41.9 Å². The Morgan fingerprint density at radius 1 is 0.872 bits per heavy atom. The van der Waals surface area contributed by atoms with Crippen LogP contribution in [0.5, 0.6) is 0 Å². The van der Waals surface area contributed by atoms with Crippen molar-refractivity contribution >= 4 is 33.6 Å². The van der Waals surface area contributed by atoms with E-state index in [2.05, 4.69) is 69.0 Å². The Balaban J connectivity index is 1.20. The van der Waals surface area contributed by atoms with Crippen LogP contribution in [-0.4, -0.2) is 50.7 Å². The molecule has 1 aliphatic heterocycles. The summed E-state index contributed by atoms with van der Waals surface area (Å²) in [5, 5.41) is 12.8. The minimum absolute atomic E-state index is 0.797. The molecule has 4 aromatic heterocycles. The second kappa shape index (κ2) is 9.81. The molecule has 0 spiro atoms. The summed E-state index contributed by atoms with van der Waals surface area (Å²) in [6.45, 7) is 6.17. The van der Waals surface area contributed by atoms with Gasteiger partial charge in [-0.05, 0) is 61.0 Å². The maximum atomic E-state index is 4.97. The number of aromatic nitrogens is 5. The maximum Gasteiger partial charge on any atom is 0.154 e. The Morgan fingerprint density at radius 2 is 1.72 bits per heavy atom. The molecule has 0 saturated carbocycles. The molecule has 0 radical (unpaired) electrons. The van der Waals surface area contributed by atoms with Gasteiger partial charge in [0.05, 0.1) is 35.0 Å². The van der Waals surface area contributed by atoms with Crippen LogP contribution in [0, 0.1) is 6.92 Å². The standard InChI is InChI=1S/C31H28N8/c1-21-27(22-5-9-26(10-6-22)38-15-13-32-14-16-38)18-31-34-20-30(39(31)37-21)28-11-7-23-4-8-24(17-29(23)36-28)35-25-3-2-12-33-19-25/h2-12,17-20,32,35H,13-16H2,1H3. The molecule has 1 aliphatic rings. The molecule has 2 aromatic carbocycles. The molecule has 5 heterocycles. The molecule has 6 aromatic rings. The molecule has 39 heavy (non-hydrogen) atoms. The summed E-state index contributed by atoms with van der Waals surface area (Å²) in [6.07, 6.45) is 5.42. The first-order valence-corrected chi connectivity index (χ1v) is 13.2. The topological polar surface area (TPSA) is 83.3 Å². The van der Waals surface area contributed by atoms with Crippen LogP contribution in [0.4, 0.5) is 17.1 Å². The van der Waals surface area contributed by atoms with Crippen molar-refractivity contribution in [2.45, 2.75) is 6.92 Å². The quantitative estimate of drug-likeness (QED) is 0.317. The zero-order chi connectivity index (χ0) is 26.2. The average Bonchev–Trinajstić information content (AvgIpc) is 3.40. The lowest BCUT2D eigenvalue weighted by atomic mass is 10.0. The first kappa shape index (κ1) is 23.3. The summed E-state index contributed by atoms with van der Waals surface area (Å²) < 4.78 is 1.89. The number of hydrogen-bond acceptors (Lipinski definition) is 7. The molecule has 7 rings (SSSR count). The van der Waals surface area contributed by atoms with Gasteiger partial charge in [0.1, 0.15) is 5.69 Å². The number of nitrogens with one attached hydrogen (secondary N) is 2. The van der Waals surface area contributed by atoms with E-state index in [1.54, 1.807) is 12.4 Å². The fraction of sp³-hybridized carbons (Fsp3) is 0.161. The lowest BCUT2D eigenvalue weighted by molar-refractivity contribution is 0.589. The Morgan fingerprint density at radius 3 is 2.54 bits per heavy atom. The largest absolute Gasteiger partial charge is 0.369 e. The Labute approximate surface area is 226 Å². The van der Waals surface area contributed by atoms with Gasteiger partial charge in [-0.3, -0.25) is 4.98 Å². The van der Waals surface area contributed by atoms with E-state index in [9.17, 15) is 0 Å². The second-order valence-corrected chi connectivity index (χ2v) is 9.81. The summed E-state index contributed by atoms with van der Waals surface area (Å²) >= 11 is 0. The van der Waals surface area contributed by atoms with Gasteiger partial charge in [0, 0.05) is 54.7 Å². The Hall–Kier alpha value is -4.82. The van der Waals surface area contributed by atoms with E-state index in [4.69, 9.17) is 15.1 Å². The highest BCUT2D eigenvalue weighted by atomic mass is 15.3. The molecule has 192 valence electrons. The van der Waals surface area contributed by atoms with E-state index in [-0.39, 0.29) is 0 Å². The van der Waals surface area contributed by atoms with Gasteiger partial charge < -0.3 is 15.5 Å². The number of hydrogen-bond donors (Lipinski definition) is 2. The fourth-order valence-corrected chi connectivity index (χ4v) is 5.18. The normalized spacial score (nSPS) is 13.7. The highest BCUT2D eigenvalue weighted by Crippen LogP contribution is 2.29. The van der Waals surface area contributed by atoms with Gasteiger partial charge in [-0.15, -0.1) is 0 Å². The zero-order valence-electron chi connectivity index (χ0n) is 21.7. The summed E-state index contributed by atoms with van der Waals surface area (Å²) in [5.74, 6) is 0. The molecule has 0 unspecified atom stereocenters. The van der Waals surface area contributed by atoms with Gasteiger partial charge in [-0.1, -0.05) is 24.3 Å². The first-order chi connectivity index (χ1) is 19.2. The zero-order valence-corrected chi connectivity index (χ0v) is 21.7. The SMILES string of the molecule is Cc1nn2c(-c3ccc4ccc(Nc5cccnc5)cc4n3)cnc2cc1-c1ccc(N2CCNCC2)cc1. The minimum atomic E-state index is 0.797. The molecular weight excluding hydrogens is 484 g/mol. The minimum Gasteiger partial charge on any atom is -0.369 e. The number of nitrogens with zero attached hydrogens (tertiary/aromatic N) is 6. The van der Waals surface area contributed by atoms with Gasteiger partial charge in [0.15, 0.2) is 5.65 Å². The van der Waals surface area contributed by atoms with Crippen molar-refractivity contribution in [1.29, 1.82) is 0 Å². The van der Waals surface area contributed by atoms with Crippen molar-refractivity contribution in [3.05, 3.63) is 97.1 Å². The number of pyridine rings is 2. The van der Waals surface area contributed by atoms with E-state index in [0.717, 1.165) is 82.3 Å². The highest BCUT2D eigenvalue weighted by molar-refractivity contribution is 5.85. The summed E-state index contributed by atoms with van der Waals surface area (Å²) in [6, 6.07) is 25.1. The fourth-order valence-electron chi connectivity index (χ4n) is 5.18. The molecule has 0 amide bonds. The third-order valence-corrected chi connectivity index (χ3v) is 7.24. The van der Waals surface area contributed by atoms with Crippen molar-refractivity contribution in [3.63, 3.8) is 0 Å². The van der Waals surface area contributed by atoms with Crippen molar-refractivity contribution < 1.29 is 0 Å². The van der Waals surface area contributed by atoms with E-state index >= 15 is 0 Å². The summed E-state index contributed by atoms with van der Waals surface area (Å²) in [7, 11) is 0. The highest BCUT2D eigenvalue weighted by Gasteiger charge is 2.15. The van der Waals surface area contributed by atoms with Crippen molar-refractivity contribution in [1.82, 2.24) is 29.9 Å². The van der Waals surface area contributed by atoms with Crippen LogP contribution in [0.2, 0.25) is 0 Å². The van der Waals surface area contributed by atoms with Gasteiger partial charge in [-0.2, -0.15) is 5.10 Å². The van der Waals surface area contributed by atoms with Gasteiger partial charge >= 0.3 is 0 Å². The number of aryl methyl sites for hydroxylation is 1. The van der Waals surface area contributed by atoms with Gasteiger partial charge in [0.2, 0.25) is 0 Å². The lowest BCUT2D eigenvalue weighted by Crippen LogP contribution is -2.43. The Kier molecular flexibility index (Phi) is 5.86. The molecule has 2 N–H and O–H groups in total. The predicted octanol–water partition coefficient (Wildman–Crippen LogP) is 5.47. The number of benzene rings is 2. The van der Waals surface area contributed by atoms with E-state index < -0.39 is 0 Å². The van der Waals surface area contributed by atoms with Crippen LogP contribution < -0.4 is 15.5 Å². The molecule has 1 saturated heterocycles. The van der Waals surface area contributed by atoms with Crippen LogP contribution in [-0.2, 0) is 0 Å². The van der Waals surface area contributed by atoms with Crippen LogP contribution >= 0.6 is 0 Å². The number of rotatable bonds is 5. The molecule has 0 bridgehead atoms. The van der Waals surface area contributed by atoms with Crippen LogP contribution in [0.3, 0.4) is 0 Å². The Bertz CT molecular complexity index is 1770. The van der Waals surface area contributed by atoms with Crippen molar-refractivity contribution in [2.75, 3.05) is 36.4 Å². The molecule has 8 nitrogen and oxygen atoms in total. The number of piperazine rings is 1. The van der Waals surface area contributed by atoms with Gasteiger partial charge in [0.25, 0.3) is 0 Å². The van der Waals surface area contributed by atoms with E-state index in [0.29, 0.717) is 0 Å². The third kappa shape index (κ3) is 4.55. The van der Waals surface area contributed by atoms with Crippen molar-refractivity contribution in [3.8, 4) is 22.5 Å². The third-order valence-electron chi connectivity index (χ3n) is 7.24. The number of anilines is 3. The number of imidazole rings is 1. The maximum absolute atomic E-state index is 4.97. The summed E-state index contributed by atoms with van der Waals surface area (Å²) in [5.41, 5.74) is 9.71. The van der Waals surface area contributed by atoms with E-state index in [1.165, 1.54) is 5.69 Å². The monoisotopic (exact) mass is 512 g/mol. The number of fused-ring (bicyclic) bond motifs is 2. The summed E-state index contributed by atoms with van der Waals surface area (Å²) in [4.78, 5) is 16.3. The van der Waals surface area contributed by atoms with Crippen molar-refractivity contribution in [2.24, 2.45) is 0 Å². The molecule has 1 fully saturated rings. The average molecular weight is 513 g/mol. The van der Waals surface area contributed by atoms with Crippen LogP contribution in [0.25, 0.3) is 39.1 Å². The molecular formula is C31H28N8. The molecule has 8 heteroatoms. The first-order valence-electron chi connectivity index (χ1n) is 13.2. The van der Waals surface area contributed by atoms with Crippen LogP contribution in [0.1, 0.15) is 5.69 Å². The molecule has 0 atom stereocenters. The van der Waals surface area contributed by atoms with Crippen LogP contribution in [0.15, 0.2) is 91.4 Å². The smallest absolute Gasteiger partial charge is 0.154 e. The predicted molar refractivity (Wildman–Crippen MR) is 156 cm³/mol. The lowest BCUT2D eigenvalue weighted by Gasteiger charge is -2.29. The molecule has 0 aliphatic carbocycles. The van der Waals surface area contributed by atoms with Gasteiger partial charge in [-0.25, -0.2) is 14.5 Å².